The number of aryl methyl sites for hydroxylation is 1. The Hall–Kier alpha value is -2.04. The predicted octanol–water partition coefficient (Wildman–Crippen LogP) is 1.73. The number of aromatic hydroxyl groups is 1. The standard InChI is InChI=1S/C15H19NO4/c1-10-8-11(5-6-13(10)17)14(18)16-7-3-4-12(9-16)15(19)20-2/h5-6,8,12,17H,3-4,7,9H2,1-2H3/t12-/m0/s1. The minimum atomic E-state index is -0.260. The zero-order chi connectivity index (χ0) is 14.7. The fraction of sp³-hybridized carbons (Fsp3) is 0.467. The first-order valence-corrected chi connectivity index (χ1v) is 6.69. The van der Waals surface area contributed by atoms with E-state index in [9.17, 15) is 14.7 Å². The molecule has 0 bridgehead atoms. The van der Waals surface area contributed by atoms with Gasteiger partial charge in [-0.15, -0.1) is 0 Å². The van der Waals surface area contributed by atoms with Gasteiger partial charge in [-0.2, -0.15) is 0 Å². The molecular formula is C15H19NO4. The van der Waals surface area contributed by atoms with Crippen molar-refractivity contribution in [2.75, 3.05) is 20.2 Å². The van der Waals surface area contributed by atoms with E-state index in [-0.39, 0.29) is 23.5 Å². The molecule has 1 amide bonds. The lowest BCUT2D eigenvalue weighted by atomic mass is 9.97. The van der Waals surface area contributed by atoms with Crippen molar-refractivity contribution in [1.82, 2.24) is 4.90 Å². The number of carbonyl (C=O) groups is 2. The van der Waals surface area contributed by atoms with Crippen LogP contribution >= 0.6 is 0 Å². The van der Waals surface area contributed by atoms with E-state index >= 15 is 0 Å². The molecule has 108 valence electrons. The lowest BCUT2D eigenvalue weighted by Crippen LogP contribution is -2.42. The number of benzene rings is 1. The molecule has 1 saturated heterocycles. The molecular weight excluding hydrogens is 258 g/mol. The van der Waals surface area contributed by atoms with Crippen molar-refractivity contribution in [1.29, 1.82) is 0 Å². The highest BCUT2D eigenvalue weighted by molar-refractivity contribution is 5.95. The number of methoxy groups -OCH3 is 1. The SMILES string of the molecule is COC(=O)[C@H]1CCCN(C(=O)c2ccc(O)c(C)c2)C1. The van der Waals surface area contributed by atoms with Gasteiger partial charge < -0.3 is 14.7 Å². The molecule has 1 N–H and O–H groups in total. The molecule has 1 aliphatic rings. The normalized spacial score (nSPS) is 18.7. The van der Waals surface area contributed by atoms with Crippen LogP contribution in [0, 0.1) is 12.8 Å². The number of likely N-dealkylation sites (tertiary alicyclic amines) is 1. The third-order valence-electron chi connectivity index (χ3n) is 3.69. The summed E-state index contributed by atoms with van der Waals surface area (Å²) in [5.74, 6) is -0.436. The summed E-state index contributed by atoms with van der Waals surface area (Å²) in [6, 6.07) is 4.79. The van der Waals surface area contributed by atoms with E-state index in [2.05, 4.69) is 0 Å². The van der Waals surface area contributed by atoms with Crippen LogP contribution in [0.5, 0.6) is 5.75 Å². The number of piperidine rings is 1. The molecule has 1 aliphatic heterocycles. The van der Waals surface area contributed by atoms with Crippen LogP contribution in [-0.4, -0.2) is 42.1 Å². The molecule has 0 aromatic heterocycles. The summed E-state index contributed by atoms with van der Waals surface area (Å²) in [6.07, 6.45) is 1.55. The molecule has 1 aromatic carbocycles. The second-order valence-corrected chi connectivity index (χ2v) is 5.11. The molecule has 0 radical (unpaired) electrons. The van der Waals surface area contributed by atoms with Crippen LogP contribution < -0.4 is 0 Å². The van der Waals surface area contributed by atoms with Crippen LogP contribution in [0.3, 0.4) is 0 Å². The van der Waals surface area contributed by atoms with E-state index < -0.39 is 0 Å². The monoisotopic (exact) mass is 277 g/mol. The van der Waals surface area contributed by atoms with Gasteiger partial charge in [0.25, 0.3) is 5.91 Å². The molecule has 1 aromatic rings. The molecule has 0 saturated carbocycles. The Labute approximate surface area is 118 Å². The maximum atomic E-state index is 12.4. The van der Waals surface area contributed by atoms with E-state index in [1.807, 2.05) is 0 Å². The molecule has 1 atom stereocenters. The van der Waals surface area contributed by atoms with Gasteiger partial charge in [0, 0.05) is 18.7 Å². The van der Waals surface area contributed by atoms with Crippen molar-refractivity contribution < 1.29 is 19.4 Å². The lowest BCUT2D eigenvalue weighted by Gasteiger charge is -2.31. The number of phenols is 1. The van der Waals surface area contributed by atoms with E-state index in [0.717, 1.165) is 12.8 Å². The number of hydrogen-bond donors (Lipinski definition) is 1. The molecule has 5 heteroatoms. The summed E-state index contributed by atoms with van der Waals surface area (Å²) < 4.78 is 4.75. The minimum Gasteiger partial charge on any atom is -0.508 e. The molecule has 0 aliphatic carbocycles. The van der Waals surface area contributed by atoms with Gasteiger partial charge in [0.05, 0.1) is 13.0 Å². The Balaban J connectivity index is 2.12. The smallest absolute Gasteiger partial charge is 0.310 e. The van der Waals surface area contributed by atoms with E-state index in [4.69, 9.17) is 4.74 Å². The van der Waals surface area contributed by atoms with Crippen molar-refractivity contribution in [3.8, 4) is 5.75 Å². The third-order valence-corrected chi connectivity index (χ3v) is 3.69. The average molecular weight is 277 g/mol. The van der Waals surface area contributed by atoms with Crippen LogP contribution in [0.4, 0.5) is 0 Å². The van der Waals surface area contributed by atoms with Crippen molar-refractivity contribution in [2.45, 2.75) is 19.8 Å². The highest BCUT2D eigenvalue weighted by Gasteiger charge is 2.29. The Bertz CT molecular complexity index is 527. The van der Waals surface area contributed by atoms with Crippen molar-refractivity contribution in [2.24, 2.45) is 5.92 Å². The topological polar surface area (TPSA) is 66.8 Å². The highest BCUT2D eigenvalue weighted by atomic mass is 16.5. The summed E-state index contributed by atoms with van der Waals surface area (Å²) in [7, 11) is 1.37. The Morgan fingerprint density at radius 1 is 1.40 bits per heavy atom. The van der Waals surface area contributed by atoms with Gasteiger partial charge in [0.15, 0.2) is 0 Å². The van der Waals surface area contributed by atoms with Gasteiger partial charge in [-0.25, -0.2) is 0 Å². The molecule has 0 unspecified atom stereocenters. The third kappa shape index (κ3) is 2.92. The van der Waals surface area contributed by atoms with Crippen LogP contribution in [0.2, 0.25) is 0 Å². The van der Waals surface area contributed by atoms with Gasteiger partial charge in [0.2, 0.25) is 0 Å². The highest BCUT2D eigenvalue weighted by Crippen LogP contribution is 2.22. The molecule has 1 fully saturated rings. The lowest BCUT2D eigenvalue weighted by molar-refractivity contribution is -0.146. The van der Waals surface area contributed by atoms with Gasteiger partial charge in [-0.3, -0.25) is 9.59 Å². The minimum absolute atomic E-state index is 0.110. The average Bonchev–Trinajstić information content (AvgIpc) is 2.48. The fourth-order valence-electron chi connectivity index (χ4n) is 2.49. The molecule has 1 heterocycles. The van der Waals surface area contributed by atoms with E-state index in [1.54, 1.807) is 24.0 Å². The summed E-state index contributed by atoms with van der Waals surface area (Å²) >= 11 is 0. The summed E-state index contributed by atoms with van der Waals surface area (Å²) in [4.78, 5) is 25.7. The maximum absolute atomic E-state index is 12.4. The second-order valence-electron chi connectivity index (χ2n) is 5.11. The largest absolute Gasteiger partial charge is 0.508 e. The Morgan fingerprint density at radius 2 is 2.15 bits per heavy atom. The first kappa shape index (κ1) is 14.4. The van der Waals surface area contributed by atoms with Crippen LogP contribution in [0.1, 0.15) is 28.8 Å². The number of nitrogens with zero attached hydrogens (tertiary/aromatic N) is 1. The number of rotatable bonds is 2. The number of ether oxygens (including phenoxy) is 1. The number of amides is 1. The molecule has 0 spiro atoms. The zero-order valence-electron chi connectivity index (χ0n) is 11.8. The van der Waals surface area contributed by atoms with Gasteiger partial charge in [0.1, 0.15) is 5.75 Å². The first-order chi connectivity index (χ1) is 9.52. The number of carbonyl (C=O) groups excluding carboxylic acids is 2. The molecule has 20 heavy (non-hydrogen) atoms. The van der Waals surface area contributed by atoms with Gasteiger partial charge in [-0.05, 0) is 43.5 Å². The summed E-state index contributed by atoms with van der Waals surface area (Å²) in [5, 5.41) is 9.50. The van der Waals surface area contributed by atoms with Crippen LogP contribution in [0.15, 0.2) is 18.2 Å². The van der Waals surface area contributed by atoms with Crippen LogP contribution in [0.25, 0.3) is 0 Å². The molecule has 5 nitrogen and oxygen atoms in total. The van der Waals surface area contributed by atoms with Crippen LogP contribution in [-0.2, 0) is 9.53 Å². The fourth-order valence-corrected chi connectivity index (χ4v) is 2.49. The van der Waals surface area contributed by atoms with Crippen molar-refractivity contribution in [3.63, 3.8) is 0 Å². The number of hydrogen-bond acceptors (Lipinski definition) is 4. The molecule has 2 rings (SSSR count). The van der Waals surface area contributed by atoms with Crippen molar-refractivity contribution >= 4 is 11.9 Å². The second kappa shape index (κ2) is 5.94. The van der Waals surface area contributed by atoms with Gasteiger partial charge >= 0.3 is 5.97 Å². The number of phenolic OH excluding ortho intramolecular Hbond substituents is 1. The quantitative estimate of drug-likeness (QED) is 0.836. The van der Waals surface area contributed by atoms with E-state index in [1.165, 1.54) is 13.2 Å². The summed E-state index contributed by atoms with van der Waals surface area (Å²) in [6.45, 7) is 2.79. The number of esters is 1. The first-order valence-electron chi connectivity index (χ1n) is 6.69. The Kier molecular flexibility index (Phi) is 4.27. The van der Waals surface area contributed by atoms with E-state index in [0.29, 0.717) is 24.2 Å². The van der Waals surface area contributed by atoms with Gasteiger partial charge in [-0.1, -0.05) is 0 Å². The zero-order valence-corrected chi connectivity index (χ0v) is 11.8. The summed E-state index contributed by atoms with van der Waals surface area (Å²) in [5.41, 5.74) is 1.20. The Morgan fingerprint density at radius 3 is 2.80 bits per heavy atom. The van der Waals surface area contributed by atoms with Crippen molar-refractivity contribution in [3.05, 3.63) is 29.3 Å². The predicted molar refractivity (Wildman–Crippen MR) is 73.5 cm³/mol. The maximum Gasteiger partial charge on any atom is 0.310 e.